The molecule has 1 saturated carbocycles. The fourth-order valence-corrected chi connectivity index (χ4v) is 6.38. The van der Waals surface area contributed by atoms with Crippen LogP contribution >= 0.6 is 11.6 Å². The summed E-state index contributed by atoms with van der Waals surface area (Å²) < 4.78 is 28.8. The summed E-state index contributed by atoms with van der Waals surface area (Å²) in [5, 5.41) is 31.5. The van der Waals surface area contributed by atoms with E-state index < -0.39 is 28.5 Å². The van der Waals surface area contributed by atoms with Gasteiger partial charge in [-0.25, -0.2) is 4.39 Å². The number of hydrogen-bond acceptors (Lipinski definition) is 7. The first-order chi connectivity index (χ1) is 20.6. The topological polar surface area (TPSA) is 116 Å². The van der Waals surface area contributed by atoms with Gasteiger partial charge in [0.15, 0.2) is 5.72 Å². The minimum atomic E-state index is -1.72. The van der Waals surface area contributed by atoms with Gasteiger partial charge >= 0.3 is 0 Å². The highest BCUT2D eigenvalue weighted by atomic mass is 35.5. The van der Waals surface area contributed by atoms with Crippen LogP contribution in [0.3, 0.4) is 0 Å². The molecule has 1 aliphatic carbocycles. The van der Waals surface area contributed by atoms with Crippen LogP contribution in [0.2, 0.25) is 5.02 Å². The summed E-state index contributed by atoms with van der Waals surface area (Å²) in [5.41, 5.74) is -1.85. The number of carbonyl (C=O) groups is 1. The number of halogens is 2. The molecule has 8 nitrogen and oxygen atoms in total. The number of aliphatic hydroxyl groups excluding tert-OH is 1. The van der Waals surface area contributed by atoms with E-state index in [2.05, 4.69) is 4.98 Å². The van der Waals surface area contributed by atoms with Crippen LogP contribution in [0.25, 0.3) is 0 Å². The molecular formula is C33H33ClFN3O5. The molecule has 2 aromatic carbocycles. The third kappa shape index (κ3) is 5.22. The van der Waals surface area contributed by atoms with Crippen LogP contribution in [-0.4, -0.2) is 52.4 Å². The molecule has 43 heavy (non-hydrogen) atoms. The molecule has 2 N–H and O–H groups in total. The number of ether oxygens (including phenoxy) is 2. The molecule has 2 aliphatic heterocycles. The monoisotopic (exact) mass is 605 g/mol. The lowest BCUT2D eigenvalue weighted by Crippen LogP contribution is -2.48. The van der Waals surface area contributed by atoms with E-state index in [1.807, 2.05) is 6.07 Å². The first-order valence-electron chi connectivity index (χ1n) is 14.5. The number of aromatic nitrogens is 1. The number of amides is 1. The standard InChI is InChI=1S/C33H33ClFN3O5/c1-31(41,22-8-12-42-13-9-22)24-14-27-29(28(35)15-24)33(23-3-5-25(34)6-4-23,43-20-32(19-39)10-11-32)38(30(27)40)18-26-7-2-21(16-36)17-37-26/h2-7,14-15,17,22,39,41H,8-13,18-20H2,1H3/t31?,33-/m1/s1. The summed E-state index contributed by atoms with van der Waals surface area (Å²) >= 11 is 6.24. The maximum absolute atomic E-state index is 16.7. The lowest BCUT2D eigenvalue weighted by atomic mass is 9.77. The molecule has 224 valence electrons. The maximum Gasteiger partial charge on any atom is 0.257 e. The summed E-state index contributed by atoms with van der Waals surface area (Å²) in [6, 6.07) is 14.9. The highest BCUT2D eigenvalue weighted by Gasteiger charge is 2.57. The fraction of sp³-hybridized carbons (Fsp3) is 0.424. The molecule has 1 amide bonds. The van der Waals surface area contributed by atoms with Crippen molar-refractivity contribution >= 4 is 17.5 Å². The van der Waals surface area contributed by atoms with Gasteiger partial charge in [-0.2, -0.15) is 5.26 Å². The van der Waals surface area contributed by atoms with Gasteiger partial charge in [0.05, 0.1) is 47.7 Å². The number of nitrogens with zero attached hydrogens (tertiary/aromatic N) is 3. The van der Waals surface area contributed by atoms with Gasteiger partial charge in [0.1, 0.15) is 11.9 Å². The van der Waals surface area contributed by atoms with E-state index >= 15 is 4.39 Å². The smallest absolute Gasteiger partial charge is 0.257 e. The van der Waals surface area contributed by atoms with Crippen molar-refractivity contribution in [3.05, 3.63) is 99.1 Å². The Kier molecular flexibility index (Phi) is 7.78. The molecule has 0 bridgehead atoms. The highest BCUT2D eigenvalue weighted by Crippen LogP contribution is 2.52. The van der Waals surface area contributed by atoms with E-state index in [0.717, 1.165) is 12.8 Å². The van der Waals surface area contributed by atoms with Crippen molar-refractivity contribution in [2.75, 3.05) is 26.4 Å². The van der Waals surface area contributed by atoms with Gasteiger partial charge in [-0.1, -0.05) is 23.7 Å². The largest absolute Gasteiger partial charge is 0.396 e. The molecule has 6 rings (SSSR count). The Morgan fingerprint density at radius 3 is 2.53 bits per heavy atom. The van der Waals surface area contributed by atoms with E-state index in [9.17, 15) is 20.3 Å². The molecule has 0 spiro atoms. The molecule has 0 radical (unpaired) electrons. The van der Waals surface area contributed by atoms with Crippen molar-refractivity contribution < 1.29 is 28.9 Å². The second kappa shape index (κ2) is 11.3. The van der Waals surface area contributed by atoms with Crippen LogP contribution < -0.4 is 0 Å². The number of fused-ring (bicyclic) bond motifs is 1. The van der Waals surface area contributed by atoms with Gasteiger partial charge in [0, 0.05) is 35.4 Å². The van der Waals surface area contributed by atoms with E-state index in [1.165, 1.54) is 17.2 Å². The van der Waals surface area contributed by atoms with Crippen LogP contribution in [0.5, 0.6) is 0 Å². The number of carbonyl (C=O) groups excluding carboxylic acids is 1. The van der Waals surface area contributed by atoms with E-state index in [-0.39, 0.29) is 36.8 Å². The van der Waals surface area contributed by atoms with Crippen LogP contribution in [0, 0.1) is 28.5 Å². The van der Waals surface area contributed by atoms with Crippen LogP contribution in [-0.2, 0) is 27.3 Å². The number of benzene rings is 2. The third-order valence-corrected chi connectivity index (χ3v) is 9.53. The summed E-state index contributed by atoms with van der Waals surface area (Å²) in [6.45, 7) is 2.58. The molecule has 2 atom stereocenters. The van der Waals surface area contributed by atoms with Crippen molar-refractivity contribution in [1.82, 2.24) is 9.88 Å². The van der Waals surface area contributed by atoms with Crippen molar-refractivity contribution in [2.45, 2.75) is 50.5 Å². The van der Waals surface area contributed by atoms with Gasteiger partial charge in [0.25, 0.3) is 5.91 Å². The molecular weight excluding hydrogens is 573 g/mol. The minimum Gasteiger partial charge on any atom is -0.396 e. The Hall–Kier alpha value is -3.39. The number of pyridine rings is 1. The van der Waals surface area contributed by atoms with Crippen molar-refractivity contribution in [3.8, 4) is 6.07 Å². The summed E-state index contributed by atoms with van der Waals surface area (Å²) in [7, 11) is 0. The first-order valence-corrected chi connectivity index (χ1v) is 14.8. The minimum absolute atomic E-state index is 0.0359. The predicted molar refractivity (Wildman–Crippen MR) is 155 cm³/mol. The zero-order chi connectivity index (χ0) is 30.4. The van der Waals surface area contributed by atoms with Gasteiger partial charge in [-0.05, 0) is 80.5 Å². The van der Waals surface area contributed by atoms with Crippen LogP contribution in [0.4, 0.5) is 4.39 Å². The Bertz CT molecular complexity index is 1560. The SMILES string of the molecule is CC(O)(c1cc(F)c2c(c1)C(=O)N(Cc1ccc(C#N)cn1)[C@@]2(OCC1(CO)CC1)c1ccc(Cl)cc1)C1CCOCC1. The Balaban J connectivity index is 1.53. The highest BCUT2D eigenvalue weighted by molar-refractivity contribution is 6.30. The summed E-state index contributed by atoms with van der Waals surface area (Å²) in [6.07, 6.45) is 4.12. The predicted octanol–water partition coefficient (Wildman–Crippen LogP) is 5.03. The first kappa shape index (κ1) is 29.7. The Morgan fingerprint density at radius 2 is 1.93 bits per heavy atom. The molecule has 1 aromatic heterocycles. The van der Waals surface area contributed by atoms with Crippen molar-refractivity contribution in [2.24, 2.45) is 11.3 Å². The van der Waals surface area contributed by atoms with Crippen molar-refractivity contribution in [3.63, 3.8) is 0 Å². The Morgan fingerprint density at radius 1 is 1.21 bits per heavy atom. The normalized spacial score (nSPS) is 22.6. The summed E-state index contributed by atoms with van der Waals surface area (Å²) in [5.74, 6) is -1.36. The van der Waals surface area contributed by atoms with Gasteiger partial charge < -0.3 is 19.7 Å². The lowest BCUT2D eigenvalue weighted by molar-refractivity contribution is -0.130. The quantitative estimate of drug-likeness (QED) is 0.352. The molecule has 1 saturated heterocycles. The third-order valence-electron chi connectivity index (χ3n) is 9.27. The fourth-order valence-electron chi connectivity index (χ4n) is 6.25. The molecule has 10 heteroatoms. The van der Waals surface area contributed by atoms with Gasteiger partial charge in [-0.3, -0.25) is 14.7 Å². The zero-order valence-electron chi connectivity index (χ0n) is 23.9. The molecule has 3 aliphatic rings. The number of hydrogen-bond donors (Lipinski definition) is 2. The van der Waals surface area contributed by atoms with E-state index in [4.69, 9.17) is 21.1 Å². The number of rotatable bonds is 9. The van der Waals surface area contributed by atoms with Gasteiger partial charge in [0.2, 0.25) is 0 Å². The number of aliphatic hydroxyl groups is 2. The second-order valence-corrected chi connectivity index (χ2v) is 12.5. The molecule has 1 unspecified atom stereocenters. The van der Waals surface area contributed by atoms with Crippen molar-refractivity contribution in [1.29, 1.82) is 5.26 Å². The Labute approximate surface area is 254 Å². The lowest BCUT2D eigenvalue weighted by Gasteiger charge is -2.40. The van der Waals surface area contributed by atoms with Crippen LogP contribution in [0.1, 0.15) is 70.9 Å². The number of nitriles is 1. The summed E-state index contributed by atoms with van der Waals surface area (Å²) in [4.78, 5) is 20.2. The molecule has 3 aromatic rings. The second-order valence-electron chi connectivity index (χ2n) is 12.1. The van der Waals surface area contributed by atoms with E-state index in [1.54, 1.807) is 49.4 Å². The maximum atomic E-state index is 16.7. The van der Waals surface area contributed by atoms with Gasteiger partial charge in [-0.15, -0.1) is 0 Å². The molecule has 2 fully saturated rings. The molecule has 3 heterocycles. The average molecular weight is 606 g/mol. The van der Waals surface area contributed by atoms with E-state index in [0.29, 0.717) is 53.5 Å². The zero-order valence-corrected chi connectivity index (χ0v) is 24.6. The average Bonchev–Trinajstić information content (AvgIpc) is 3.77. The van der Waals surface area contributed by atoms with Crippen LogP contribution in [0.15, 0.2) is 54.7 Å².